The third kappa shape index (κ3) is 1.72. The molecular weight excluding hydrogens is 318 g/mol. The summed E-state index contributed by atoms with van der Waals surface area (Å²) in [5.41, 5.74) is 0.507. The fourth-order valence-corrected chi connectivity index (χ4v) is 3.11. The predicted octanol–water partition coefficient (Wildman–Crippen LogP) is 2.92. The van der Waals surface area contributed by atoms with Crippen LogP contribution in [-0.4, -0.2) is 25.4 Å². The van der Waals surface area contributed by atoms with Crippen LogP contribution in [0, 0.1) is 0 Å². The maximum Gasteiger partial charge on any atom is 0.356 e. The second kappa shape index (κ2) is 4.18. The number of halogens is 1. The van der Waals surface area contributed by atoms with E-state index in [2.05, 4.69) is 25.9 Å². The molecule has 0 spiro atoms. The monoisotopic (exact) mass is 323 g/mol. The number of rotatable bonds is 2. The van der Waals surface area contributed by atoms with Crippen molar-refractivity contribution < 1.29 is 9.90 Å². The van der Waals surface area contributed by atoms with Gasteiger partial charge in [0.1, 0.15) is 0 Å². The molecule has 0 saturated carbocycles. The van der Waals surface area contributed by atoms with Crippen LogP contribution in [0.15, 0.2) is 34.5 Å². The van der Waals surface area contributed by atoms with E-state index in [4.69, 9.17) is 5.11 Å². The number of thiophene rings is 1. The second-order valence-corrected chi connectivity index (χ2v) is 5.38. The molecule has 3 rings (SSSR count). The molecule has 0 atom stereocenters. The third-order valence-electron chi connectivity index (χ3n) is 2.44. The molecule has 3 heterocycles. The fourth-order valence-electron chi connectivity index (χ4n) is 1.70. The summed E-state index contributed by atoms with van der Waals surface area (Å²) >= 11 is 4.87. The zero-order valence-corrected chi connectivity index (χ0v) is 11.3. The zero-order valence-electron chi connectivity index (χ0n) is 8.87. The Morgan fingerprint density at radius 1 is 1.50 bits per heavy atom. The SMILES string of the molecule is O=C(O)c1nc(-c2cc(Br)cs2)n2ccncc12. The summed E-state index contributed by atoms with van der Waals surface area (Å²) in [6.07, 6.45) is 4.81. The van der Waals surface area contributed by atoms with E-state index in [0.717, 1.165) is 9.35 Å². The van der Waals surface area contributed by atoms with Gasteiger partial charge in [-0.05, 0) is 22.0 Å². The fraction of sp³-hybridized carbons (Fsp3) is 0. The molecule has 0 saturated heterocycles. The van der Waals surface area contributed by atoms with Crippen LogP contribution in [0.4, 0.5) is 0 Å². The Labute approximate surface area is 114 Å². The minimum atomic E-state index is -1.05. The molecule has 0 aromatic carbocycles. The predicted molar refractivity (Wildman–Crippen MR) is 71.0 cm³/mol. The summed E-state index contributed by atoms with van der Waals surface area (Å²) in [7, 11) is 0. The van der Waals surface area contributed by atoms with Gasteiger partial charge in [0, 0.05) is 22.2 Å². The van der Waals surface area contributed by atoms with Crippen LogP contribution < -0.4 is 0 Å². The van der Waals surface area contributed by atoms with Gasteiger partial charge in [-0.3, -0.25) is 9.38 Å². The highest BCUT2D eigenvalue weighted by Crippen LogP contribution is 2.30. The number of aromatic nitrogens is 3. The number of fused-ring (bicyclic) bond motifs is 1. The highest BCUT2D eigenvalue weighted by atomic mass is 79.9. The molecule has 7 heteroatoms. The van der Waals surface area contributed by atoms with E-state index in [0.29, 0.717) is 11.3 Å². The van der Waals surface area contributed by atoms with E-state index in [9.17, 15) is 4.79 Å². The first-order chi connectivity index (χ1) is 8.66. The van der Waals surface area contributed by atoms with Crippen LogP contribution in [0.2, 0.25) is 0 Å². The van der Waals surface area contributed by atoms with Crippen molar-refractivity contribution in [3.05, 3.63) is 40.2 Å². The van der Waals surface area contributed by atoms with Gasteiger partial charge in [-0.15, -0.1) is 11.3 Å². The first-order valence-corrected chi connectivity index (χ1v) is 6.64. The molecule has 3 aromatic heterocycles. The quantitative estimate of drug-likeness (QED) is 0.787. The molecule has 90 valence electrons. The van der Waals surface area contributed by atoms with Gasteiger partial charge in [-0.1, -0.05) is 0 Å². The normalized spacial score (nSPS) is 10.9. The van der Waals surface area contributed by atoms with E-state index in [-0.39, 0.29) is 5.69 Å². The summed E-state index contributed by atoms with van der Waals surface area (Å²) in [6, 6.07) is 1.91. The van der Waals surface area contributed by atoms with Crippen molar-refractivity contribution in [1.29, 1.82) is 0 Å². The van der Waals surface area contributed by atoms with Gasteiger partial charge in [-0.25, -0.2) is 9.78 Å². The number of hydrogen-bond donors (Lipinski definition) is 1. The molecule has 5 nitrogen and oxygen atoms in total. The van der Waals surface area contributed by atoms with E-state index in [1.807, 2.05) is 11.4 Å². The Morgan fingerprint density at radius 3 is 3.00 bits per heavy atom. The minimum Gasteiger partial charge on any atom is -0.476 e. The number of carbonyl (C=O) groups is 1. The van der Waals surface area contributed by atoms with Crippen molar-refractivity contribution in [3.63, 3.8) is 0 Å². The third-order valence-corrected chi connectivity index (χ3v) is 4.12. The standard InChI is InChI=1S/C11H6BrN3O2S/c12-6-3-8(18-5-6)10-14-9(11(16)17)7-4-13-1-2-15(7)10/h1-5H,(H,16,17). The van der Waals surface area contributed by atoms with Crippen LogP contribution in [0.3, 0.4) is 0 Å². The smallest absolute Gasteiger partial charge is 0.356 e. The summed E-state index contributed by atoms with van der Waals surface area (Å²) < 4.78 is 2.68. The van der Waals surface area contributed by atoms with Gasteiger partial charge < -0.3 is 5.11 Å². The highest BCUT2D eigenvalue weighted by Gasteiger charge is 2.18. The van der Waals surface area contributed by atoms with Crippen molar-refractivity contribution in [1.82, 2.24) is 14.4 Å². The molecule has 0 aliphatic heterocycles. The van der Waals surface area contributed by atoms with Gasteiger partial charge in [0.25, 0.3) is 0 Å². The minimum absolute atomic E-state index is 0.0163. The van der Waals surface area contributed by atoms with Gasteiger partial charge in [0.05, 0.1) is 16.6 Å². The van der Waals surface area contributed by atoms with E-state index >= 15 is 0 Å². The highest BCUT2D eigenvalue weighted by molar-refractivity contribution is 9.10. The van der Waals surface area contributed by atoms with Crippen LogP contribution in [0.25, 0.3) is 16.2 Å². The lowest BCUT2D eigenvalue weighted by molar-refractivity contribution is 0.0693. The molecule has 0 bridgehead atoms. The van der Waals surface area contributed by atoms with Crippen LogP contribution in [0.5, 0.6) is 0 Å². The number of nitrogens with zero attached hydrogens (tertiary/aromatic N) is 3. The average Bonchev–Trinajstić information content (AvgIpc) is 2.92. The molecule has 18 heavy (non-hydrogen) atoms. The van der Waals surface area contributed by atoms with Crippen molar-refractivity contribution in [2.75, 3.05) is 0 Å². The van der Waals surface area contributed by atoms with Gasteiger partial charge in [-0.2, -0.15) is 0 Å². The maximum atomic E-state index is 11.2. The first-order valence-electron chi connectivity index (χ1n) is 4.96. The first kappa shape index (κ1) is 11.4. The molecule has 0 aliphatic rings. The number of carboxylic acids is 1. The van der Waals surface area contributed by atoms with Crippen molar-refractivity contribution in [3.8, 4) is 10.7 Å². The number of imidazole rings is 1. The van der Waals surface area contributed by atoms with Gasteiger partial charge >= 0.3 is 5.97 Å². The molecular formula is C11H6BrN3O2S. The summed E-state index contributed by atoms with van der Waals surface area (Å²) in [5, 5.41) is 11.1. The molecule has 0 aliphatic carbocycles. The zero-order chi connectivity index (χ0) is 12.7. The Bertz CT molecular complexity index is 750. The molecule has 1 N–H and O–H groups in total. The summed E-state index contributed by atoms with van der Waals surface area (Å²) in [4.78, 5) is 20.2. The largest absolute Gasteiger partial charge is 0.476 e. The van der Waals surface area contributed by atoms with Crippen LogP contribution >= 0.6 is 27.3 Å². The van der Waals surface area contributed by atoms with Crippen LogP contribution in [-0.2, 0) is 0 Å². The Kier molecular flexibility index (Phi) is 2.64. The van der Waals surface area contributed by atoms with Crippen molar-refractivity contribution in [2.24, 2.45) is 0 Å². The Morgan fingerprint density at radius 2 is 2.33 bits per heavy atom. The molecule has 3 aromatic rings. The van der Waals surface area contributed by atoms with E-state index in [1.54, 1.807) is 16.8 Å². The van der Waals surface area contributed by atoms with Crippen molar-refractivity contribution in [2.45, 2.75) is 0 Å². The number of aromatic carboxylic acids is 1. The molecule has 0 fully saturated rings. The molecule has 0 amide bonds. The van der Waals surface area contributed by atoms with Gasteiger partial charge in [0.15, 0.2) is 11.5 Å². The van der Waals surface area contributed by atoms with E-state index < -0.39 is 5.97 Å². The average molecular weight is 324 g/mol. The molecule has 0 unspecified atom stereocenters. The Hall–Kier alpha value is -1.73. The molecule has 0 radical (unpaired) electrons. The van der Waals surface area contributed by atoms with Crippen LogP contribution in [0.1, 0.15) is 10.5 Å². The number of carboxylic acid groups (broad SMARTS) is 1. The topological polar surface area (TPSA) is 67.5 Å². The lowest BCUT2D eigenvalue weighted by atomic mass is 10.4. The number of hydrogen-bond acceptors (Lipinski definition) is 4. The summed E-state index contributed by atoms with van der Waals surface area (Å²) in [5.74, 6) is -0.442. The lowest BCUT2D eigenvalue weighted by Crippen LogP contribution is -1.97. The maximum absolute atomic E-state index is 11.2. The lowest BCUT2D eigenvalue weighted by Gasteiger charge is -1.96. The van der Waals surface area contributed by atoms with Crippen molar-refractivity contribution >= 4 is 38.8 Å². The van der Waals surface area contributed by atoms with E-state index in [1.165, 1.54) is 17.5 Å². The second-order valence-electron chi connectivity index (χ2n) is 3.55. The Balaban J connectivity index is 2.33. The summed E-state index contributed by atoms with van der Waals surface area (Å²) in [6.45, 7) is 0. The van der Waals surface area contributed by atoms with Gasteiger partial charge in [0.2, 0.25) is 0 Å².